The zero-order valence-electron chi connectivity index (χ0n) is 12.8. The number of hydrogen-bond donors (Lipinski definition) is 1. The first-order chi connectivity index (χ1) is 8.95. The van der Waals surface area contributed by atoms with Crippen molar-refractivity contribution in [2.45, 2.75) is 39.3 Å². The Labute approximate surface area is 126 Å². The van der Waals surface area contributed by atoms with Gasteiger partial charge >= 0.3 is 0 Å². The molecule has 0 heterocycles. The van der Waals surface area contributed by atoms with Crippen molar-refractivity contribution in [1.82, 2.24) is 10.2 Å². The van der Waals surface area contributed by atoms with Crippen LogP contribution < -0.4 is 5.32 Å². The minimum atomic E-state index is 0.439. The summed E-state index contributed by atoms with van der Waals surface area (Å²) >= 11 is 3.49. The summed E-state index contributed by atoms with van der Waals surface area (Å²) in [4.78, 5) is 2.31. The summed E-state index contributed by atoms with van der Waals surface area (Å²) in [5, 5.41) is 3.71. The molecule has 1 rings (SSSR count). The number of benzene rings is 1. The van der Waals surface area contributed by atoms with Crippen LogP contribution in [0, 0.1) is 5.92 Å². The lowest BCUT2D eigenvalue weighted by Gasteiger charge is -2.30. The highest BCUT2D eigenvalue weighted by Crippen LogP contribution is 2.20. The summed E-state index contributed by atoms with van der Waals surface area (Å²) in [7, 11) is 4.32. The number of rotatable bonds is 7. The molecule has 0 saturated carbocycles. The van der Waals surface area contributed by atoms with Crippen LogP contribution in [-0.2, 0) is 0 Å². The zero-order valence-corrected chi connectivity index (χ0v) is 14.4. The number of nitrogens with one attached hydrogen (secondary N) is 1. The molecule has 0 aliphatic rings. The van der Waals surface area contributed by atoms with Crippen molar-refractivity contribution in [2.24, 2.45) is 5.92 Å². The van der Waals surface area contributed by atoms with Crippen LogP contribution in [0.2, 0.25) is 0 Å². The number of hydrogen-bond acceptors (Lipinski definition) is 2. The van der Waals surface area contributed by atoms with E-state index in [4.69, 9.17) is 0 Å². The fourth-order valence-electron chi connectivity index (χ4n) is 2.47. The summed E-state index contributed by atoms with van der Waals surface area (Å²) < 4.78 is 1.14. The molecule has 0 amide bonds. The molecule has 0 radical (unpaired) electrons. The van der Waals surface area contributed by atoms with E-state index in [1.165, 1.54) is 5.56 Å². The molecule has 0 saturated heterocycles. The largest absolute Gasteiger partial charge is 0.308 e. The van der Waals surface area contributed by atoms with E-state index in [9.17, 15) is 0 Å². The van der Waals surface area contributed by atoms with E-state index in [0.29, 0.717) is 18.0 Å². The molecule has 2 atom stereocenters. The van der Waals surface area contributed by atoms with Crippen LogP contribution in [0.5, 0.6) is 0 Å². The Kier molecular flexibility index (Phi) is 7.05. The third-order valence-electron chi connectivity index (χ3n) is 3.69. The van der Waals surface area contributed by atoms with Gasteiger partial charge in [-0.25, -0.2) is 0 Å². The average molecular weight is 327 g/mol. The molecule has 0 bridgehead atoms. The van der Waals surface area contributed by atoms with Crippen LogP contribution in [0.15, 0.2) is 28.7 Å². The predicted molar refractivity (Wildman–Crippen MR) is 87.5 cm³/mol. The predicted octanol–water partition coefficient (Wildman–Crippen LogP) is 4.08. The topological polar surface area (TPSA) is 15.3 Å². The molecule has 0 fully saturated rings. The molecule has 0 spiro atoms. The van der Waals surface area contributed by atoms with Crippen molar-refractivity contribution in [3.8, 4) is 0 Å². The molecule has 1 N–H and O–H groups in total. The Morgan fingerprint density at radius 1 is 1.16 bits per heavy atom. The van der Waals surface area contributed by atoms with Crippen LogP contribution in [0.1, 0.15) is 38.8 Å². The van der Waals surface area contributed by atoms with Gasteiger partial charge < -0.3 is 10.2 Å². The lowest BCUT2D eigenvalue weighted by molar-refractivity contribution is 0.218. The van der Waals surface area contributed by atoms with E-state index in [-0.39, 0.29) is 0 Å². The summed E-state index contributed by atoms with van der Waals surface area (Å²) in [6, 6.07) is 9.65. The summed E-state index contributed by atoms with van der Waals surface area (Å²) in [6.07, 6.45) is 1.11. The van der Waals surface area contributed by atoms with Crippen molar-refractivity contribution in [3.63, 3.8) is 0 Å². The zero-order chi connectivity index (χ0) is 14.4. The Hall–Kier alpha value is -0.380. The molecule has 0 aliphatic carbocycles. The first-order valence-electron chi connectivity index (χ1n) is 7.11. The Balaban J connectivity index is 2.64. The first kappa shape index (κ1) is 16.7. The highest BCUT2D eigenvalue weighted by atomic mass is 79.9. The molecule has 1 aromatic carbocycles. The van der Waals surface area contributed by atoms with Gasteiger partial charge in [-0.15, -0.1) is 0 Å². The second-order valence-corrected chi connectivity index (χ2v) is 6.61. The highest BCUT2D eigenvalue weighted by Gasteiger charge is 2.17. The maximum Gasteiger partial charge on any atom is 0.0318 e. The quantitative estimate of drug-likeness (QED) is 0.812. The maximum atomic E-state index is 3.71. The minimum Gasteiger partial charge on any atom is -0.308 e. The van der Waals surface area contributed by atoms with Crippen molar-refractivity contribution >= 4 is 15.9 Å². The molecule has 3 heteroatoms. The van der Waals surface area contributed by atoms with E-state index in [2.05, 4.69) is 85.3 Å². The fourth-order valence-corrected chi connectivity index (χ4v) is 2.73. The third-order valence-corrected chi connectivity index (χ3v) is 4.22. The van der Waals surface area contributed by atoms with Crippen molar-refractivity contribution in [3.05, 3.63) is 34.3 Å². The van der Waals surface area contributed by atoms with E-state index < -0.39 is 0 Å². The van der Waals surface area contributed by atoms with E-state index >= 15 is 0 Å². The molecule has 0 aromatic heterocycles. The van der Waals surface area contributed by atoms with Gasteiger partial charge in [-0.05, 0) is 44.1 Å². The lowest BCUT2D eigenvalue weighted by atomic mass is 10.0. The smallest absolute Gasteiger partial charge is 0.0318 e. The summed E-state index contributed by atoms with van der Waals surface area (Å²) in [5.74, 6) is 0.657. The van der Waals surface area contributed by atoms with Gasteiger partial charge in [-0.2, -0.15) is 0 Å². The van der Waals surface area contributed by atoms with Gasteiger partial charge in [0.2, 0.25) is 0 Å². The Bertz CT molecular complexity index is 352. The SMILES string of the molecule is CCC(NCC(C(C)C)N(C)C)c1ccc(Br)cc1. The van der Waals surface area contributed by atoms with E-state index in [1.807, 2.05) is 0 Å². The van der Waals surface area contributed by atoms with Crippen LogP contribution in [0.25, 0.3) is 0 Å². The molecule has 19 heavy (non-hydrogen) atoms. The second kappa shape index (κ2) is 8.03. The standard InChI is InChI=1S/C16H27BrN2/c1-6-15(13-7-9-14(17)10-8-13)18-11-16(12(2)3)19(4)5/h7-10,12,15-16,18H,6,11H2,1-5H3. The maximum absolute atomic E-state index is 3.71. The van der Waals surface area contributed by atoms with Crippen molar-refractivity contribution in [1.29, 1.82) is 0 Å². The highest BCUT2D eigenvalue weighted by molar-refractivity contribution is 9.10. The molecular formula is C16H27BrN2. The van der Waals surface area contributed by atoms with Gasteiger partial charge in [0.05, 0.1) is 0 Å². The number of halogens is 1. The Morgan fingerprint density at radius 3 is 2.16 bits per heavy atom. The third kappa shape index (κ3) is 5.25. The fraction of sp³-hybridized carbons (Fsp3) is 0.625. The van der Waals surface area contributed by atoms with Crippen molar-refractivity contribution < 1.29 is 0 Å². The molecule has 0 aliphatic heterocycles. The van der Waals surface area contributed by atoms with Crippen molar-refractivity contribution in [2.75, 3.05) is 20.6 Å². The molecule has 2 unspecified atom stereocenters. The average Bonchev–Trinajstić information content (AvgIpc) is 2.35. The van der Waals surface area contributed by atoms with Crippen LogP contribution >= 0.6 is 15.9 Å². The lowest BCUT2D eigenvalue weighted by Crippen LogP contribution is -2.42. The monoisotopic (exact) mass is 326 g/mol. The normalized spacial score (nSPS) is 14.9. The van der Waals surface area contributed by atoms with E-state index in [1.54, 1.807) is 0 Å². The van der Waals surface area contributed by atoms with Gasteiger partial charge in [0, 0.05) is 23.1 Å². The van der Waals surface area contributed by atoms with E-state index in [0.717, 1.165) is 17.4 Å². The van der Waals surface area contributed by atoms with Crippen LogP contribution in [0.4, 0.5) is 0 Å². The number of likely N-dealkylation sites (N-methyl/N-ethyl adjacent to an activating group) is 1. The van der Waals surface area contributed by atoms with Crippen LogP contribution in [-0.4, -0.2) is 31.6 Å². The van der Waals surface area contributed by atoms with Gasteiger partial charge in [-0.1, -0.05) is 48.8 Å². The van der Waals surface area contributed by atoms with Gasteiger partial charge in [0.15, 0.2) is 0 Å². The van der Waals surface area contributed by atoms with Gasteiger partial charge in [0.25, 0.3) is 0 Å². The van der Waals surface area contributed by atoms with Gasteiger partial charge in [0.1, 0.15) is 0 Å². The minimum absolute atomic E-state index is 0.439. The molecule has 108 valence electrons. The molecule has 1 aromatic rings. The summed E-state index contributed by atoms with van der Waals surface area (Å²) in [6.45, 7) is 7.83. The molecular weight excluding hydrogens is 300 g/mol. The Morgan fingerprint density at radius 2 is 1.74 bits per heavy atom. The number of nitrogens with zero attached hydrogens (tertiary/aromatic N) is 1. The van der Waals surface area contributed by atoms with Crippen LogP contribution in [0.3, 0.4) is 0 Å². The van der Waals surface area contributed by atoms with Gasteiger partial charge in [-0.3, -0.25) is 0 Å². The second-order valence-electron chi connectivity index (χ2n) is 5.70. The summed E-state index contributed by atoms with van der Waals surface area (Å²) in [5.41, 5.74) is 1.37. The first-order valence-corrected chi connectivity index (χ1v) is 7.90. The molecule has 2 nitrogen and oxygen atoms in total.